The van der Waals surface area contributed by atoms with E-state index in [0.717, 1.165) is 35.6 Å². The van der Waals surface area contributed by atoms with Gasteiger partial charge in [0.2, 0.25) is 5.95 Å². The van der Waals surface area contributed by atoms with Gasteiger partial charge in [0.1, 0.15) is 5.15 Å². The summed E-state index contributed by atoms with van der Waals surface area (Å²) < 4.78 is 5.39. The maximum absolute atomic E-state index is 7.60. The van der Waals surface area contributed by atoms with Gasteiger partial charge in [-0.1, -0.05) is 23.7 Å². The third-order valence-electron chi connectivity index (χ3n) is 4.42. The number of hydrogen-bond donors (Lipinski definition) is 2. The Morgan fingerprint density at radius 1 is 1.20 bits per heavy atom. The fraction of sp³-hybridized carbons (Fsp3) is 0.389. The van der Waals surface area contributed by atoms with Crippen LogP contribution in [-0.2, 0) is 4.74 Å². The molecule has 0 amide bonds. The van der Waals surface area contributed by atoms with Gasteiger partial charge >= 0.3 is 0 Å². The molecule has 25 heavy (non-hydrogen) atoms. The van der Waals surface area contributed by atoms with Gasteiger partial charge in [0.05, 0.1) is 18.9 Å². The van der Waals surface area contributed by atoms with Crippen LogP contribution in [0, 0.1) is 5.41 Å². The van der Waals surface area contributed by atoms with Crippen LogP contribution in [0.2, 0.25) is 5.15 Å². The van der Waals surface area contributed by atoms with Gasteiger partial charge < -0.3 is 20.4 Å². The predicted molar refractivity (Wildman–Crippen MR) is 100 cm³/mol. The summed E-state index contributed by atoms with van der Waals surface area (Å²) in [5, 5.41) is 11.5. The smallest absolute Gasteiger partial charge is 0.227 e. The Balaban J connectivity index is 1.68. The van der Waals surface area contributed by atoms with Crippen LogP contribution in [0.4, 0.5) is 11.6 Å². The number of nitrogens with zero attached hydrogens (tertiary/aromatic N) is 3. The van der Waals surface area contributed by atoms with E-state index in [9.17, 15) is 0 Å². The molecule has 1 aromatic heterocycles. The number of morpholine rings is 1. The monoisotopic (exact) mass is 357 g/mol. The molecule has 4 rings (SSSR count). The molecule has 2 fully saturated rings. The van der Waals surface area contributed by atoms with E-state index in [1.165, 1.54) is 19.1 Å². The van der Waals surface area contributed by atoms with Crippen LogP contribution < -0.4 is 10.2 Å². The van der Waals surface area contributed by atoms with Crippen molar-refractivity contribution in [3.63, 3.8) is 0 Å². The summed E-state index contributed by atoms with van der Waals surface area (Å²) in [7, 11) is 0. The van der Waals surface area contributed by atoms with Gasteiger partial charge in [0, 0.05) is 48.2 Å². The fourth-order valence-electron chi connectivity index (χ4n) is 2.87. The predicted octanol–water partition coefficient (Wildman–Crippen LogP) is 3.21. The molecule has 1 aliphatic carbocycles. The van der Waals surface area contributed by atoms with Gasteiger partial charge in [0.25, 0.3) is 0 Å². The van der Waals surface area contributed by atoms with Crippen LogP contribution in [0.1, 0.15) is 18.4 Å². The zero-order valence-corrected chi connectivity index (χ0v) is 14.6. The molecule has 130 valence electrons. The van der Waals surface area contributed by atoms with Crippen molar-refractivity contribution in [1.82, 2.24) is 9.97 Å². The van der Waals surface area contributed by atoms with Crippen LogP contribution in [0.5, 0.6) is 0 Å². The van der Waals surface area contributed by atoms with Crippen LogP contribution >= 0.6 is 11.6 Å². The highest BCUT2D eigenvalue weighted by molar-refractivity contribution is 6.29. The van der Waals surface area contributed by atoms with E-state index in [0.29, 0.717) is 30.4 Å². The van der Waals surface area contributed by atoms with Gasteiger partial charge in [-0.05, 0) is 18.9 Å². The van der Waals surface area contributed by atoms with Crippen LogP contribution in [0.25, 0.3) is 11.3 Å². The first-order chi connectivity index (χ1) is 12.2. The number of halogens is 1. The Morgan fingerprint density at radius 3 is 2.72 bits per heavy atom. The molecule has 0 unspecified atom stereocenters. The molecule has 1 aromatic carbocycles. The maximum atomic E-state index is 7.60. The van der Waals surface area contributed by atoms with E-state index in [1.807, 2.05) is 18.2 Å². The number of hydrogen-bond acceptors (Lipinski definition) is 6. The third-order valence-corrected chi connectivity index (χ3v) is 4.61. The SMILES string of the molecule is N=Cc1ccc(-c2cc(Cl)nc(N3CCOCC3)n2)cc1NC1CC1. The number of ether oxygens (including phenoxy) is 1. The van der Waals surface area contributed by atoms with E-state index in [4.69, 9.17) is 26.7 Å². The van der Waals surface area contributed by atoms with Crippen LogP contribution in [0.15, 0.2) is 24.3 Å². The average molecular weight is 358 g/mol. The molecular formula is C18H20ClN5O. The highest BCUT2D eigenvalue weighted by Crippen LogP contribution is 2.30. The van der Waals surface area contributed by atoms with Gasteiger partial charge in [-0.25, -0.2) is 9.97 Å². The van der Waals surface area contributed by atoms with E-state index >= 15 is 0 Å². The lowest BCUT2D eigenvalue weighted by Crippen LogP contribution is -2.37. The Morgan fingerprint density at radius 2 is 2.00 bits per heavy atom. The molecule has 0 bridgehead atoms. The normalized spacial score (nSPS) is 17.4. The lowest BCUT2D eigenvalue weighted by Gasteiger charge is -2.27. The summed E-state index contributed by atoms with van der Waals surface area (Å²) in [6.45, 7) is 2.88. The van der Waals surface area contributed by atoms with Crippen molar-refractivity contribution in [2.24, 2.45) is 0 Å². The van der Waals surface area contributed by atoms with Crippen LogP contribution in [0.3, 0.4) is 0 Å². The third kappa shape index (κ3) is 3.75. The Bertz CT molecular complexity index is 787. The molecule has 2 N–H and O–H groups in total. The highest BCUT2D eigenvalue weighted by atomic mass is 35.5. The second-order valence-electron chi connectivity index (χ2n) is 6.34. The Labute approximate surface area is 151 Å². The van der Waals surface area contributed by atoms with Crippen molar-refractivity contribution >= 4 is 29.5 Å². The minimum absolute atomic E-state index is 0.430. The molecule has 1 saturated carbocycles. The molecular weight excluding hydrogens is 338 g/mol. The number of benzene rings is 1. The second kappa shape index (κ2) is 6.98. The zero-order chi connectivity index (χ0) is 17.2. The molecule has 6 nitrogen and oxygen atoms in total. The topological polar surface area (TPSA) is 74.1 Å². The van der Waals surface area contributed by atoms with Crippen molar-refractivity contribution in [3.05, 3.63) is 35.0 Å². The minimum Gasteiger partial charge on any atom is -0.382 e. The fourth-order valence-corrected chi connectivity index (χ4v) is 3.05. The molecule has 1 saturated heterocycles. The Hall–Kier alpha value is -2.18. The standard InChI is InChI=1S/C18H20ClN5O/c19-17-10-16(22-18(23-17)24-5-7-25-8-6-24)12-1-2-13(11-20)15(9-12)21-14-3-4-14/h1-2,9-11,14,20-21H,3-8H2. The lowest BCUT2D eigenvalue weighted by atomic mass is 10.1. The highest BCUT2D eigenvalue weighted by Gasteiger charge is 2.22. The molecule has 0 spiro atoms. The van der Waals surface area contributed by atoms with Gasteiger partial charge in [0.15, 0.2) is 0 Å². The molecule has 2 aliphatic rings. The number of anilines is 2. The summed E-state index contributed by atoms with van der Waals surface area (Å²) in [5.74, 6) is 0.638. The first-order valence-corrected chi connectivity index (χ1v) is 8.89. The van der Waals surface area contributed by atoms with E-state index < -0.39 is 0 Å². The van der Waals surface area contributed by atoms with Gasteiger partial charge in [-0.15, -0.1) is 0 Å². The van der Waals surface area contributed by atoms with Crippen molar-refractivity contribution in [3.8, 4) is 11.3 Å². The van der Waals surface area contributed by atoms with Crippen molar-refractivity contribution in [1.29, 1.82) is 5.41 Å². The van der Waals surface area contributed by atoms with Gasteiger partial charge in [-0.3, -0.25) is 0 Å². The quantitative estimate of drug-likeness (QED) is 0.635. The number of aromatic nitrogens is 2. The summed E-state index contributed by atoms with van der Waals surface area (Å²) in [6, 6.07) is 8.26. The molecule has 0 radical (unpaired) electrons. The molecule has 2 aromatic rings. The first-order valence-electron chi connectivity index (χ1n) is 8.51. The van der Waals surface area contributed by atoms with E-state index in [-0.39, 0.29) is 0 Å². The number of rotatable bonds is 5. The Kier molecular flexibility index (Phi) is 4.55. The van der Waals surface area contributed by atoms with Crippen molar-refractivity contribution in [2.75, 3.05) is 36.5 Å². The van der Waals surface area contributed by atoms with E-state index in [2.05, 4.69) is 15.2 Å². The summed E-state index contributed by atoms with van der Waals surface area (Å²) >= 11 is 6.25. The average Bonchev–Trinajstić information content (AvgIpc) is 3.46. The largest absolute Gasteiger partial charge is 0.382 e. The number of nitrogens with one attached hydrogen (secondary N) is 2. The summed E-state index contributed by atoms with van der Waals surface area (Å²) in [4.78, 5) is 11.2. The molecule has 1 aliphatic heterocycles. The molecule has 2 heterocycles. The zero-order valence-electron chi connectivity index (χ0n) is 13.8. The molecule has 0 atom stereocenters. The van der Waals surface area contributed by atoms with Crippen molar-refractivity contribution in [2.45, 2.75) is 18.9 Å². The second-order valence-corrected chi connectivity index (χ2v) is 6.73. The lowest BCUT2D eigenvalue weighted by molar-refractivity contribution is 0.122. The first kappa shape index (κ1) is 16.3. The summed E-state index contributed by atoms with van der Waals surface area (Å²) in [6.07, 6.45) is 3.74. The van der Waals surface area contributed by atoms with Crippen LogP contribution in [-0.4, -0.2) is 48.5 Å². The maximum Gasteiger partial charge on any atom is 0.227 e. The summed E-state index contributed by atoms with van der Waals surface area (Å²) in [5.41, 5.74) is 3.60. The minimum atomic E-state index is 0.430. The molecule has 7 heteroatoms. The van der Waals surface area contributed by atoms with E-state index in [1.54, 1.807) is 6.07 Å². The van der Waals surface area contributed by atoms with Crippen molar-refractivity contribution < 1.29 is 4.74 Å². The van der Waals surface area contributed by atoms with Gasteiger partial charge in [-0.2, -0.15) is 0 Å².